The maximum Gasteiger partial charge on any atom is 0.354 e. The summed E-state index contributed by atoms with van der Waals surface area (Å²) in [6.45, 7) is 2.40. The van der Waals surface area contributed by atoms with E-state index in [1.807, 2.05) is 6.07 Å². The van der Waals surface area contributed by atoms with Gasteiger partial charge in [-0.15, -0.1) is 0 Å². The fourth-order valence-electron chi connectivity index (χ4n) is 2.66. The van der Waals surface area contributed by atoms with E-state index in [4.69, 9.17) is 51.1 Å². The summed E-state index contributed by atoms with van der Waals surface area (Å²) in [4.78, 5) is 12.4. The van der Waals surface area contributed by atoms with Crippen LogP contribution in [0.1, 0.15) is 23.0 Å². The fourth-order valence-corrected chi connectivity index (χ4v) is 3.46. The van der Waals surface area contributed by atoms with E-state index in [0.29, 0.717) is 43.2 Å². The minimum atomic E-state index is -0.439. The maximum atomic E-state index is 12.4. The number of carbonyl (C=O) groups excluding carboxylic acids is 1. The Morgan fingerprint density at radius 1 is 0.960 bits per heavy atom. The van der Waals surface area contributed by atoms with Crippen LogP contribution in [0.5, 0.6) is 0 Å². The summed E-state index contributed by atoms with van der Waals surface area (Å²) >= 11 is 24.7. The molecule has 0 saturated heterocycles. The molecule has 0 fully saturated rings. The SMILES string of the molecule is CCOC(=O)c1cc2c(Cl)ccc(Cl)c2n1Cc1ccc(Cl)c(Cl)c1. The lowest BCUT2D eigenvalue weighted by Crippen LogP contribution is -2.13. The highest BCUT2D eigenvalue weighted by Gasteiger charge is 2.20. The number of hydrogen-bond donors (Lipinski definition) is 0. The molecule has 1 heterocycles. The Morgan fingerprint density at radius 2 is 1.64 bits per heavy atom. The number of carbonyl (C=O) groups is 1. The highest BCUT2D eigenvalue weighted by molar-refractivity contribution is 6.42. The zero-order chi connectivity index (χ0) is 18.1. The molecule has 3 aromatic rings. The largest absolute Gasteiger partial charge is 0.461 e. The third-order valence-corrected chi connectivity index (χ3v) is 5.14. The number of ether oxygens (including phenoxy) is 1. The molecule has 0 spiro atoms. The molecule has 0 aliphatic rings. The van der Waals surface area contributed by atoms with Gasteiger partial charge in [0.05, 0.1) is 32.2 Å². The highest BCUT2D eigenvalue weighted by Crippen LogP contribution is 2.34. The molecule has 130 valence electrons. The Bertz CT molecular complexity index is 965. The lowest BCUT2D eigenvalue weighted by molar-refractivity contribution is 0.0515. The smallest absolute Gasteiger partial charge is 0.354 e. The molecule has 0 atom stereocenters. The molecule has 1 aromatic heterocycles. The topological polar surface area (TPSA) is 31.2 Å². The average molecular weight is 417 g/mol. The molecule has 0 unspecified atom stereocenters. The molecule has 0 radical (unpaired) electrons. The van der Waals surface area contributed by atoms with Crippen molar-refractivity contribution in [1.82, 2.24) is 4.57 Å². The van der Waals surface area contributed by atoms with Crippen molar-refractivity contribution in [3.05, 3.63) is 67.7 Å². The number of benzene rings is 2. The number of halogens is 4. The minimum Gasteiger partial charge on any atom is -0.461 e. The van der Waals surface area contributed by atoms with Crippen molar-refractivity contribution in [1.29, 1.82) is 0 Å². The zero-order valence-corrected chi connectivity index (χ0v) is 16.2. The molecule has 0 saturated carbocycles. The first-order chi connectivity index (χ1) is 11.9. The number of fused-ring (bicyclic) bond motifs is 1. The van der Waals surface area contributed by atoms with Crippen molar-refractivity contribution in [2.24, 2.45) is 0 Å². The van der Waals surface area contributed by atoms with Crippen LogP contribution >= 0.6 is 46.4 Å². The van der Waals surface area contributed by atoms with Gasteiger partial charge >= 0.3 is 5.97 Å². The quantitative estimate of drug-likeness (QED) is 0.455. The van der Waals surface area contributed by atoms with E-state index >= 15 is 0 Å². The molecule has 25 heavy (non-hydrogen) atoms. The van der Waals surface area contributed by atoms with Gasteiger partial charge in [0.15, 0.2) is 0 Å². The minimum absolute atomic E-state index is 0.272. The molecule has 7 heteroatoms. The van der Waals surface area contributed by atoms with Crippen LogP contribution in [0.15, 0.2) is 36.4 Å². The number of nitrogens with zero attached hydrogens (tertiary/aromatic N) is 1. The fraction of sp³-hybridized carbons (Fsp3) is 0.167. The molecule has 0 N–H and O–H groups in total. The second kappa shape index (κ2) is 7.46. The van der Waals surface area contributed by atoms with Crippen molar-refractivity contribution in [2.75, 3.05) is 6.61 Å². The molecule has 0 aliphatic heterocycles. The van der Waals surface area contributed by atoms with Gasteiger partial charge in [-0.05, 0) is 42.8 Å². The summed E-state index contributed by atoms with van der Waals surface area (Å²) < 4.78 is 6.94. The molecule has 0 aliphatic carbocycles. The van der Waals surface area contributed by atoms with Crippen molar-refractivity contribution in [3.63, 3.8) is 0 Å². The van der Waals surface area contributed by atoms with Crippen LogP contribution in [-0.4, -0.2) is 17.1 Å². The van der Waals surface area contributed by atoms with Gasteiger partial charge in [-0.1, -0.05) is 52.5 Å². The monoisotopic (exact) mass is 415 g/mol. The van der Waals surface area contributed by atoms with E-state index in [-0.39, 0.29) is 6.61 Å². The lowest BCUT2D eigenvalue weighted by atomic mass is 10.2. The first-order valence-corrected chi connectivity index (χ1v) is 9.01. The third-order valence-electron chi connectivity index (χ3n) is 3.77. The highest BCUT2D eigenvalue weighted by atomic mass is 35.5. The van der Waals surface area contributed by atoms with Gasteiger partial charge in [0.2, 0.25) is 0 Å². The molecular weight excluding hydrogens is 404 g/mol. The Labute approximate surface area is 165 Å². The van der Waals surface area contributed by atoms with Gasteiger partial charge in [0.25, 0.3) is 0 Å². The lowest BCUT2D eigenvalue weighted by Gasteiger charge is -2.12. The zero-order valence-electron chi connectivity index (χ0n) is 13.2. The van der Waals surface area contributed by atoms with E-state index in [9.17, 15) is 4.79 Å². The number of esters is 1. The summed E-state index contributed by atoms with van der Waals surface area (Å²) in [6.07, 6.45) is 0. The van der Waals surface area contributed by atoms with E-state index < -0.39 is 5.97 Å². The predicted octanol–water partition coefficient (Wildman–Crippen LogP) is 6.48. The summed E-state index contributed by atoms with van der Waals surface area (Å²) in [5.41, 5.74) is 1.91. The third kappa shape index (κ3) is 3.61. The predicted molar refractivity (Wildman–Crippen MR) is 103 cm³/mol. The van der Waals surface area contributed by atoms with Crippen LogP contribution in [0.4, 0.5) is 0 Å². The maximum absolute atomic E-state index is 12.4. The van der Waals surface area contributed by atoms with Gasteiger partial charge in [0, 0.05) is 11.9 Å². The van der Waals surface area contributed by atoms with Crippen LogP contribution in [0.3, 0.4) is 0 Å². The molecule has 3 rings (SSSR count). The van der Waals surface area contributed by atoms with Gasteiger partial charge in [-0.25, -0.2) is 4.79 Å². The Kier molecular flexibility index (Phi) is 5.49. The summed E-state index contributed by atoms with van der Waals surface area (Å²) in [7, 11) is 0. The van der Waals surface area contributed by atoms with Gasteiger partial charge in [0.1, 0.15) is 5.69 Å². The normalized spacial score (nSPS) is 11.1. The summed E-state index contributed by atoms with van der Waals surface area (Å²) in [6, 6.07) is 10.4. The number of aromatic nitrogens is 1. The molecule has 2 aromatic carbocycles. The standard InChI is InChI=1S/C18H13Cl4NO2/c1-2-25-18(24)16-8-11-12(19)5-6-14(21)17(11)23(16)9-10-3-4-13(20)15(22)7-10/h3-8H,2,9H2,1H3. The first kappa shape index (κ1) is 18.4. The van der Waals surface area contributed by atoms with Crippen LogP contribution in [0.25, 0.3) is 10.9 Å². The van der Waals surface area contributed by atoms with Crippen LogP contribution in [0, 0.1) is 0 Å². The van der Waals surface area contributed by atoms with E-state index in [2.05, 4.69) is 0 Å². The molecule has 3 nitrogen and oxygen atoms in total. The van der Waals surface area contributed by atoms with Crippen LogP contribution < -0.4 is 0 Å². The van der Waals surface area contributed by atoms with Crippen LogP contribution in [-0.2, 0) is 11.3 Å². The second-order valence-corrected chi connectivity index (χ2v) is 7.00. The van der Waals surface area contributed by atoms with Gasteiger partial charge in [-0.3, -0.25) is 0 Å². The van der Waals surface area contributed by atoms with E-state index in [1.165, 1.54) is 0 Å². The average Bonchev–Trinajstić information content (AvgIpc) is 2.95. The first-order valence-electron chi connectivity index (χ1n) is 7.50. The van der Waals surface area contributed by atoms with Crippen LogP contribution in [0.2, 0.25) is 20.1 Å². The Hall–Kier alpha value is -1.39. The van der Waals surface area contributed by atoms with E-state index in [1.54, 1.807) is 41.8 Å². The van der Waals surface area contributed by atoms with Crippen molar-refractivity contribution < 1.29 is 9.53 Å². The van der Waals surface area contributed by atoms with E-state index in [0.717, 1.165) is 5.56 Å². The van der Waals surface area contributed by atoms with Crippen molar-refractivity contribution in [3.8, 4) is 0 Å². The summed E-state index contributed by atoms with van der Waals surface area (Å²) in [5, 5.41) is 2.61. The number of hydrogen-bond acceptors (Lipinski definition) is 2. The van der Waals surface area contributed by atoms with Gasteiger partial charge in [-0.2, -0.15) is 0 Å². The van der Waals surface area contributed by atoms with Gasteiger partial charge < -0.3 is 9.30 Å². The van der Waals surface area contributed by atoms with Crippen molar-refractivity contribution >= 4 is 63.3 Å². The van der Waals surface area contributed by atoms with Crippen molar-refractivity contribution in [2.45, 2.75) is 13.5 Å². The molecular formula is C18H13Cl4NO2. The summed E-state index contributed by atoms with van der Waals surface area (Å²) in [5.74, 6) is -0.439. The Balaban J connectivity index is 2.19. The Morgan fingerprint density at radius 3 is 2.32 bits per heavy atom. The molecule has 0 bridgehead atoms. The molecule has 0 amide bonds. The second-order valence-electron chi connectivity index (χ2n) is 5.38. The number of rotatable bonds is 4.